The molecule has 18 heavy (non-hydrogen) atoms. The third kappa shape index (κ3) is 5.04. The molecule has 0 aromatic carbocycles. The minimum absolute atomic E-state index is 0.0979. The molecule has 1 aliphatic rings. The number of aliphatic carboxylic acids is 1. The fourth-order valence-corrected chi connectivity index (χ4v) is 2.23. The molecular weight excluding hydrogens is 232 g/mol. The Labute approximate surface area is 108 Å². The van der Waals surface area contributed by atoms with Gasteiger partial charge in [-0.25, -0.2) is 4.79 Å². The van der Waals surface area contributed by atoms with Gasteiger partial charge in [0.05, 0.1) is 0 Å². The van der Waals surface area contributed by atoms with Crippen LogP contribution in [-0.2, 0) is 9.59 Å². The highest BCUT2D eigenvalue weighted by molar-refractivity contribution is 5.83. The molecule has 1 saturated heterocycles. The molecule has 0 aromatic heterocycles. The van der Waals surface area contributed by atoms with Crippen LogP contribution in [0.25, 0.3) is 0 Å². The predicted molar refractivity (Wildman–Crippen MR) is 69.3 cm³/mol. The number of piperidine rings is 1. The second-order valence-electron chi connectivity index (χ2n) is 5.31. The average molecular weight is 256 g/mol. The number of carbonyl (C=O) groups excluding carboxylic acids is 1. The molecule has 5 nitrogen and oxygen atoms in total. The van der Waals surface area contributed by atoms with Crippen molar-refractivity contribution in [3.8, 4) is 0 Å². The summed E-state index contributed by atoms with van der Waals surface area (Å²) in [5.41, 5.74) is 0. The van der Waals surface area contributed by atoms with Crippen molar-refractivity contribution in [3.63, 3.8) is 0 Å². The quantitative estimate of drug-likeness (QED) is 0.666. The topological polar surface area (TPSA) is 78.4 Å². The Hall–Kier alpha value is -1.10. The Morgan fingerprint density at radius 2 is 2.11 bits per heavy atom. The zero-order valence-electron chi connectivity index (χ0n) is 11.2. The van der Waals surface area contributed by atoms with E-state index in [2.05, 4.69) is 10.6 Å². The van der Waals surface area contributed by atoms with E-state index in [1.807, 2.05) is 0 Å². The van der Waals surface area contributed by atoms with Gasteiger partial charge in [0.1, 0.15) is 6.04 Å². The number of nitrogens with one attached hydrogen (secondary N) is 2. The summed E-state index contributed by atoms with van der Waals surface area (Å²) in [6, 6.07) is -0.372. The molecule has 2 atom stereocenters. The van der Waals surface area contributed by atoms with Crippen LogP contribution in [0.2, 0.25) is 0 Å². The van der Waals surface area contributed by atoms with Crippen molar-refractivity contribution in [1.29, 1.82) is 0 Å². The standard InChI is InChI=1S/C13H24N2O3/c1-9(2)12(13(17)18)15-11(16)7-6-10-5-3-4-8-14-10/h9-10,12,14H,3-8H2,1-2H3,(H,15,16)(H,17,18)/t10?,12-/m1/s1. The summed E-state index contributed by atoms with van der Waals surface area (Å²) in [4.78, 5) is 22.7. The van der Waals surface area contributed by atoms with Crippen molar-refractivity contribution in [2.45, 2.75) is 58.0 Å². The molecule has 1 aliphatic heterocycles. The van der Waals surface area contributed by atoms with Gasteiger partial charge in [0.15, 0.2) is 0 Å². The van der Waals surface area contributed by atoms with Crippen molar-refractivity contribution < 1.29 is 14.7 Å². The lowest BCUT2D eigenvalue weighted by atomic mass is 10.00. The predicted octanol–water partition coefficient (Wildman–Crippen LogP) is 1.13. The van der Waals surface area contributed by atoms with E-state index in [0.717, 1.165) is 19.4 Å². The summed E-state index contributed by atoms with van der Waals surface area (Å²) < 4.78 is 0. The SMILES string of the molecule is CC(C)[C@@H](NC(=O)CCC1CCCCN1)C(=O)O. The van der Waals surface area contributed by atoms with Gasteiger partial charge in [0.2, 0.25) is 5.91 Å². The number of rotatable bonds is 6. The van der Waals surface area contributed by atoms with Crippen LogP contribution in [0.1, 0.15) is 46.0 Å². The number of carboxylic acid groups (broad SMARTS) is 1. The van der Waals surface area contributed by atoms with Crippen LogP contribution in [0.15, 0.2) is 0 Å². The second-order valence-corrected chi connectivity index (χ2v) is 5.31. The molecule has 1 heterocycles. The van der Waals surface area contributed by atoms with Gasteiger partial charge in [0, 0.05) is 12.5 Å². The molecule has 1 unspecified atom stereocenters. The van der Waals surface area contributed by atoms with E-state index in [9.17, 15) is 9.59 Å². The lowest BCUT2D eigenvalue weighted by Crippen LogP contribution is -2.44. The zero-order valence-corrected chi connectivity index (χ0v) is 11.2. The van der Waals surface area contributed by atoms with Gasteiger partial charge in [0.25, 0.3) is 0 Å². The van der Waals surface area contributed by atoms with Crippen molar-refractivity contribution in [1.82, 2.24) is 10.6 Å². The van der Waals surface area contributed by atoms with Crippen molar-refractivity contribution in [2.24, 2.45) is 5.92 Å². The van der Waals surface area contributed by atoms with Crippen LogP contribution in [-0.4, -0.2) is 35.6 Å². The average Bonchev–Trinajstić information content (AvgIpc) is 2.34. The van der Waals surface area contributed by atoms with Gasteiger partial charge in [-0.3, -0.25) is 4.79 Å². The van der Waals surface area contributed by atoms with Gasteiger partial charge in [-0.2, -0.15) is 0 Å². The van der Waals surface area contributed by atoms with Crippen molar-refractivity contribution in [3.05, 3.63) is 0 Å². The van der Waals surface area contributed by atoms with Crippen LogP contribution in [0, 0.1) is 5.92 Å². The Morgan fingerprint density at radius 3 is 2.61 bits per heavy atom. The fourth-order valence-electron chi connectivity index (χ4n) is 2.23. The Bertz CT molecular complexity index is 286. The highest BCUT2D eigenvalue weighted by atomic mass is 16.4. The molecule has 104 valence electrons. The van der Waals surface area contributed by atoms with Crippen LogP contribution in [0.4, 0.5) is 0 Å². The summed E-state index contributed by atoms with van der Waals surface area (Å²) in [5, 5.41) is 14.9. The molecule has 0 saturated carbocycles. The first-order valence-electron chi connectivity index (χ1n) is 6.76. The molecule has 5 heteroatoms. The van der Waals surface area contributed by atoms with Crippen molar-refractivity contribution >= 4 is 11.9 Å². The maximum atomic E-state index is 11.7. The zero-order chi connectivity index (χ0) is 13.5. The fraction of sp³-hybridized carbons (Fsp3) is 0.846. The Morgan fingerprint density at radius 1 is 1.39 bits per heavy atom. The van der Waals surface area contributed by atoms with Gasteiger partial charge < -0.3 is 15.7 Å². The maximum Gasteiger partial charge on any atom is 0.326 e. The number of amides is 1. The second kappa shape index (κ2) is 7.36. The molecule has 0 aliphatic carbocycles. The molecule has 1 amide bonds. The van der Waals surface area contributed by atoms with E-state index in [1.54, 1.807) is 13.8 Å². The number of hydrogen-bond acceptors (Lipinski definition) is 3. The van der Waals surface area contributed by atoms with Crippen LogP contribution in [0.3, 0.4) is 0 Å². The van der Waals surface area contributed by atoms with Gasteiger partial charge in [-0.05, 0) is 31.7 Å². The summed E-state index contributed by atoms with van der Waals surface area (Å²) in [5.74, 6) is -1.23. The minimum atomic E-state index is -0.964. The molecule has 1 fully saturated rings. The lowest BCUT2D eigenvalue weighted by Gasteiger charge is -2.23. The van der Waals surface area contributed by atoms with Gasteiger partial charge >= 0.3 is 5.97 Å². The third-order valence-electron chi connectivity index (χ3n) is 3.38. The van der Waals surface area contributed by atoms with Gasteiger partial charge in [-0.15, -0.1) is 0 Å². The summed E-state index contributed by atoms with van der Waals surface area (Å²) in [6.45, 7) is 4.61. The van der Waals surface area contributed by atoms with E-state index < -0.39 is 12.0 Å². The van der Waals surface area contributed by atoms with Crippen LogP contribution >= 0.6 is 0 Å². The molecular formula is C13H24N2O3. The summed E-state index contributed by atoms with van der Waals surface area (Å²) >= 11 is 0. The first-order valence-corrected chi connectivity index (χ1v) is 6.76. The number of carbonyl (C=O) groups is 2. The smallest absolute Gasteiger partial charge is 0.326 e. The monoisotopic (exact) mass is 256 g/mol. The number of carboxylic acids is 1. The lowest BCUT2D eigenvalue weighted by molar-refractivity contribution is -0.143. The summed E-state index contributed by atoms with van der Waals surface area (Å²) in [6.07, 6.45) is 4.71. The van der Waals surface area contributed by atoms with Crippen molar-refractivity contribution in [2.75, 3.05) is 6.54 Å². The highest BCUT2D eigenvalue weighted by Crippen LogP contribution is 2.12. The largest absolute Gasteiger partial charge is 0.480 e. The Kier molecular flexibility index (Phi) is 6.12. The first kappa shape index (κ1) is 15.0. The molecule has 0 bridgehead atoms. The van der Waals surface area contributed by atoms with Crippen LogP contribution < -0.4 is 10.6 Å². The Balaban J connectivity index is 2.29. The molecule has 0 radical (unpaired) electrons. The van der Waals surface area contributed by atoms with E-state index >= 15 is 0 Å². The molecule has 3 N–H and O–H groups in total. The van der Waals surface area contributed by atoms with Gasteiger partial charge in [-0.1, -0.05) is 20.3 Å². The van der Waals surface area contributed by atoms with E-state index in [-0.39, 0.29) is 11.8 Å². The normalized spacial score (nSPS) is 21.6. The van der Waals surface area contributed by atoms with Crippen LogP contribution in [0.5, 0.6) is 0 Å². The summed E-state index contributed by atoms with van der Waals surface area (Å²) in [7, 11) is 0. The van der Waals surface area contributed by atoms with E-state index in [0.29, 0.717) is 12.5 Å². The van der Waals surface area contributed by atoms with E-state index in [1.165, 1.54) is 12.8 Å². The highest BCUT2D eigenvalue weighted by Gasteiger charge is 2.23. The molecule has 0 spiro atoms. The molecule has 0 aromatic rings. The first-order chi connectivity index (χ1) is 8.50. The number of hydrogen-bond donors (Lipinski definition) is 3. The van der Waals surface area contributed by atoms with E-state index in [4.69, 9.17) is 5.11 Å². The third-order valence-corrected chi connectivity index (χ3v) is 3.38. The maximum absolute atomic E-state index is 11.7. The molecule has 1 rings (SSSR count). The minimum Gasteiger partial charge on any atom is -0.480 e.